The Bertz CT molecular complexity index is 473. The predicted octanol–water partition coefficient (Wildman–Crippen LogP) is 0.824. The molecule has 0 saturated carbocycles. The third-order valence-electron chi connectivity index (χ3n) is 2.20. The minimum absolute atomic E-state index is 0.279. The summed E-state index contributed by atoms with van der Waals surface area (Å²) >= 11 is 0. The Balaban J connectivity index is 2.37. The molecule has 16 heavy (non-hydrogen) atoms. The Kier molecular flexibility index (Phi) is 2.72. The van der Waals surface area contributed by atoms with Crippen molar-refractivity contribution in [2.75, 3.05) is 14.2 Å². The quantitative estimate of drug-likeness (QED) is 0.692. The second-order valence-electron chi connectivity index (χ2n) is 3.09. The van der Waals surface area contributed by atoms with E-state index in [9.17, 15) is 4.79 Å². The highest BCUT2D eigenvalue weighted by atomic mass is 16.5. The number of hydrogen-bond donors (Lipinski definition) is 0. The summed E-state index contributed by atoms with van der Waals surface area (Å²) in [5.41, 5.74) is 0.986. The summed E-state index contributed by atoms with van der Waals surface area (Å²) in [5, 5.41) is 3.72. The van der Waals surface area contributed by atoms with Gasteiger partial charge in [0.15, 0.2) is 5.76 Å². The van der Waals surface area contributed by atoms with Gasteiger partial charge < -0.3 is 14.0 Å². The van der Waals surface area contributed by atoms with Crippen LogP contribution in [0.4, 0.5) is 0 Å². The van der Waals surface area contributed by atoms with Gasteiger partial charge in [0, 0.05) is 18.7 Å². The Morgan fingerprint density at radius 3 is 3.00 bits per heavy atom. The topological polar surface area (TPSA) is 73.9 Å². The monoisotopic (exact) mass is 222 g/mol. The minimum Gasteiger partial charge on any atom is -0.479 e. The molecule has 1 aliphatic rings. The fourth-order valence-corrected chi connectivity index (χ4v) is 1.41. The third-order valence-corrected chi connectivity index (χ3v) is 2.20. The summed E-state index contributed by atoms with van der Waals surface area (Å²) < 4.78 is 14.7. The smallest absolute Gasteiger partial charge is 0.352 e. The number of carbonyl (C=O) groups is 1. The number of hydrogen-bond acceptors (Lipinski definition) is 6. The van der Waals surface area contributed by atoms with Crippen LogP contribution in [-0.4, -0.2) is 31.1 Å². The highest BCUT2D eigenvalue weighted by Crippen LogP contribution is 2.25. The fourth-order valence-electron chi connectivity index (χ4n) is 1.41. The Hall–Kier alpha value is -2.11. The predicted molar refractivity (Wildman–Crippen MR) is 55.2 cm³/mol. The van der Waals surface area contributed by atoms with E-state index in [2.05, 4.69) is 14.9 Å². The van der Waals surface area contributed by atoms with Gasteiger partial charge in [-0.15, -0.1) is 0 Å². The molecular formula is C10H10N2O4. The maximum Gasteiger partial charge on any atom is 0.352 e. The van der Waals surface area contributed by atoms with Crippen LogP contribution >= 0.6 is 0 Å². The standard InChI is InChI=1S/C10H10N2O4/c1-14-9-6-5-7(10(13)15-2)11-4-3-8(6)16-12-9/h3-4H,5H2,1-2H3. The van der Waals surface area contributed by atoms with E-state index < -0.39 is 5.97 Å². The van der Waals surface area contributed by atoms with Crippen molar-refractivity contribution in [3.05, 3.63) is 17.5 Å². The van der Waals surface area contributed by atoms with Crippen LogP contribution in [0.2, 0.25) is 0 Å². The normalized spacial score (nSPS) is 13.8. The van der Waals surface area contributed by atoms with Crippen LogP contribution in [0, 0.1) is 0 Å². The minimum atomic E-state index is -0.472. The molecule has 84 valence electrons. The van der Waals surface area contributed by atoms with Crippen LogP contribution < -0.4 is 4.74 Å². The molecule has 0 aromatic carbocycles. The summed E-state index contributed by atoms with van der Waals surface area (Å²) in [6.45, 7) is 0. The van der Waals surface area contributed by atoms with Crippen molar-refractivity contribution in [3.8, 4) is 5.88 Å². The highest BCUT2D eigenvalue weighted by Gasteiger charge is 2.22. The molecule has 1 aromatic heterocycles. The van der Waals surface area contributed by atoms with Gasteiger partial charge in [-0.3, -0.25) is 4.99 Å². The zero-order valence-corrected chi connectivity index (χ0v) is 8.89. The molecule has 2 rings (SSSR count). The lowest BCUT2D eigenvalue weighted by atomic mass is 10.1. The average molecular weight is 222 g/mol. The fraction of sp³-hybridized carbons (Fsp3) is 0.300. The number of nitrogens with zero attached hydrogens (tertiary/aromatic N) is 2. The summed E-state index contributed by atoms with van der Waals surface area (Å²) in [6, 6.07) is 0. The molecule has 0 fully saturated rings. The summed E-state index contributed by atoms with van der Waals surface area (Å²) in [7, 11) is 2.80. The first-order valence-electron chi connectivity index (χ1n) is 4.60. The van der Waals surface area contributed by atoms with Crippen molar-refractivity contribution in [1.82, 2.24) is 5.16 Å². The van der Waals surface area contributed by atoms with Gasteiger partial charge in [0.1, 0.15) is 5.71 Å². The van der Waals surface area contributed by atoms with Gasteiger partial charge in [0.25, 0.3) is 5.88 Å². The maximum atomic E-state index is 11.4. The number of carbonyl (C=O) groups excluding carboxylic acids is 1. The van der Waals surface area contributed by atoms with E-state index in [1.54, 1.807) is 6.08 Å². The largest absolute Gasteiger partial charge is 0.479 e. The van der Waals surface area contributed by atoms with Crippen LogP contribution in [0.3, 0.4) is 0 Å². The first-order valence-corrected chi connectivity index (χ1v) is 4.60. The molecule has 6 nitrogen and oxygen atoms in total. The van der Waals surface area contributed by atoms with E-state index in [1.807, 2.05) is 0 Å². The first kappa shape index (κ1) is 10.4. The van der Waals surface area contributed by atoms with E-state index in [0.717, 1.165) is 0 Å². The Morgan fingerprint density at radius 1 is 1.50 bits per heavy atom. The third kappa shape index (κ3) is 1.69. The molecule has 0 unspecified atom stereocenters. The molecule has 6 heteroatoms. The summed E-state index contributed by atoms with van der Waals surface area (Å²) in [5.74, 6) is 0.429. The van der Waals surface area contributed by atoms with Crippen LogP contribution in [0.1, 0.15) is 11.3 Å². The molecule has 0 N–H and O–H groups in total. The Labute approximate surface area is 91.5 Å². The zero-order chi connectivity index (χ0) is 11.5. The SMILES string of the molecule is COC(=O)C1=NC=Cc2onc(OC)c2C1. The molecule has 1 aliphatic heterocycles. The number of ether oxygens (including phenoxy) is 2. The van der Waals surface area contributed by atoms with Gasteiger partial charge in [-0.05, 0) is 5.16 Å². The second-order valence-corrected chi connectivity index (χ2v) is 3.09. The maximum absolute atomic E-state index is 11.4. The number of aliphatic imine (C=N–C) groups is 1. The molecule has 0 saturated heterocycles. The molecule has 1 aromatic rings. The number of esters is 1. The van der Waals surface area contributed by atoms with Crippen molar-refractivity contribution >= 4 is 17.8 Å². The van der Waals surface area contributed by atoms with Crippen molar-refractivity contribution in [2.24, 2.45) is 4.99 Å². The lowest BCUT2D eigenvalue weighted by Gasteiger charge is -2.01. The number of fused-ring (bicyclic) bond motifs is 1. The van der Waals surface area contributed by atoms with Gasteiger partial charge in [-0.2, -0.15) is 0 Å². The van der Waals surface area contributed by atoms with Gasteiger partial charge in [-0.25, -0.2) is 4.79 Å². The average Bonchev–Trinajstić information content (AvgIpc) is 2.57. The summed E-state index contributed by atoms with van der Waals surface area (Å²) in [6.07, 6.45) is 3.38. The van der Waals surface area contributed by atoms with E-state index >= 15 is 0 Å². The Morgan fingerprint density at radius 2 is 2.31 bits per heavy atom. The lowest BCUT2D eigenvalue weighted by Crippen LogP contribution is -2.18. The highest BCUT2D eigenvalue weighted by molar-refractivity contribution is 6.37. The van der Waals surface area contributed by atoms with Crippen LogP contribution in [-0.2, 0) is 16.0 Å². The van der Waals surface area contributed by atoms with E-state index in [0.29, 0.717) is 22.9 Å². The van der Waals surface area contributed by atoms with Gasteiger partial charge in [0.05, 0.1) is 19.8 Å². The van der Waals surface area contributed by atoms with Gasteiger partial charge >= 0.3 is 5.97 Å². The molecule has 2 heterocycles. The number of aromatic nitrogens is 1. The lowest BCUT2D eigenvalue weighted by molar-refractivity contribution is -0.132. The molecule has 0 spiro atoms. The molecule has 0 bridgehead atoms. The molecule has 0 amide bonds. The van der Waals surface area contributed by atoms with E-state index in [1.165, 1.54) is 20.4 Å². The zero-order valence-electron chi connectivity index (χ0n) is 8.89. The van der Waals surface area contributed by atoms with Crippen molar-refractivity contribution in [3.63, 3.8) is 0 Å². The van der Waals surface area contributed by atoms with Gasteiger partial charge in [0.2, 0.25) is 0 Å². The number of rotatable bonds is 2. The second kappa shape index (κ2) is 4.18. The molecule has 0 aliphatic carbocycles. The van der Waals surface area contributed by atoms with E-state index in [4.69, 9.17) is 9.26 Å². The molecule has 0 radical (unpaired) electrons. The van der Waals surface area contributed by atoms with E-state index in [-0.39, 0.29) is 6.42 Å². The molecule has 0 atom stereocenters. The molecular weight excluding hydrogens is 212 g/mol. The number of methoxy groups -OCH3 is 2. The van der Waals surface area contributed by atoms with Crippen LogP contribution in [0.5, 0.6) is 5.88 Å². The van der Waals surface area contributed by atoms with Gasteiger partial charge in [-0.1, -0.05) is 0 Å². The van der Waals surface area contributed by atoms with Crippen LogP contribution in [0.25, 0.3) is 6.08 Å². The summed E-state index contributed by atoms with van der Waals surface area (Å²) in [4.78, 5) is 15.3. The van der Waals surface area contributed by atoms with Crippen molar-refractivity contribution in [1.29, 1.82) is 0 Å². The van der Waals surface area contributed by atoms with Crippen molar-refractivity contribution < 1.29 is 18.8 Å². The first-order chi connectivity index (χ1) is 7.76. The van der Waals surface area contributed by atoms with Crippen LogP contribution in [0.15, 0.2) is 15.7 Å². The van der Waals surface area contributed by atoms with Crippen molar-refractivity contribution in [2.45, 2.75) is 6.42 Å².